The van der Waals surface area contributed by atoms with Gasteiger partial charge in [-0.25, -0.2) is 4.98 Å². The summed E-state index contributed by atoms with van der Waals surface area (Å²) in [5.41, 5.74) is 2.66. The summed E-state index contributed by atoms with van der Waals surface area (Å²) in [7, 11) is 0. The van der Waals surface area contributed by atoms with Gasteiger partial charge in [0.1, 0.15) is 6.26 Å². The van der Waals surface area contributed by atoms with Crippen LogP contribution < -0.4 is 5.32 Å². The van der Waals surface area contributed by atoms with Crippen molar-refractivity contribution in [3.63, 3.8) is 0 Å². The Balaban J connectivity index is 1.27. The number of likely N-dealkylation sites (tertiary alicyclic amines) is 1. The van der Waals surface area contributed by atoms with E-state index in [0.717, 1.165) is 49.3 Å². The van der Waals surface area contributed by atoms with Gasteiger partial charge in [-0.2, -0.15) is 0 Å². The molecule has 27 heavy (non-hydrogen) atoms. The van der Waals surface area contributed by atoms with Crippen LogP contribution in [0.1, 0.15) is 28.9 Å². The van der Waals surface area contributed by atoms with Gasteiger partial charge in [0, 0.05) is 36.8 Å². The number of nitrogens with zero attached hydrogens (tertiary/aromatic N) is 2. The van der Waals surface area contributed by atoms with Crippen molar-refractivity contribution < 1.29 is 9.21 Å². The summed E-state index contributed by atoms with van der Waals surface area (Å²) in [6.07, 6.45) is 3.63. The number of piperidine rings is 1. The van der Waals surface area contributed by atoms with Crippen molar-refractivity contribution in [2.24, 2.45) is 0 Å². The number of carbonyl (C=O) groups is 1. The van der Waals surface area contributed by atoms with E-state index in [0.29, 0.717) is 5.89 Å². The van der Waals surface area contributed by atoms with Crippen LogP contribution in [0.5, 0.6) is 0 Å². The van der Waals surface area contributed by atoms with E-state index in [4.69, 9.17) is 4.42 Å². The van der Waals surface area contributed by atoms with E-state index in [9.17, 15) is 4.79 Å². The Bertz CT molecular complexity index is 869. The molecule has 0 saturated carbocycles. The Morgan fingerprint density at radius 3 is 2.41 bits per heavy atom. The average molecular weight is 361 g/mol. The van der Waals surface area contributed by atoms with Crippen LogP contribution in [-0.2, 0) is 6.54 Å². The largest absolute Gasteiger partial charge is 0.444 e. The molecule has 0 aliphatic carbocycles. The fourth-order valence-electron chi connectivity index (χ4n) is 3.42. The van der Waals surface area contributed by atoms with Crippen LogP contribution in [0.3, 0.4) is 0 Å². The first-order chi connectivity index (χ1) is 13.3. The number of oxazole rings is 1. The number of rotatable bonds is 5. The summed E-state index contributed by atoms with van der Waals surface area (Å²) in [6.45, 7) is 2.65. The van der Waals surface area contributed by atoms with Crippen LogP contribution in [0.2, 0.25) is 0 Å². The van der Waals surface area contributed by atoms with Gasteiger partial charge in [0.05, 0.1) is 5.69 Å². The summed E-state index contributed by atoms with van der Waals surface area (Å²) in [5.74, 6) is 0.675. The number of carbonyl (C=O) groups excluding carboxylic acids is 1. The van der Waals surface area contributed by atoms with Gasteiger partial charge < -0.3 is 9.73 Å². The maximum absolute atomic E-state index is 12.3. The molecular formula is C22H23N3O2. The molecule has 5 heteroatoms. The van der Waals surface area contributed by atoms with Gasteiger partial charge in [0.2, 0.25) is 5.89 Å². The zero-order valence-corrected chi connectivity index (χ0v) is 15.2. The summed E-state index contributed by atoms with van der Waals surface area (Å²) in [5, 5.41) is 3.15. The summed E-state index contributed by atoms with van der Waals surface area (Å²) in [6, 6.07) is 19.5. The van der Waals surface area contributed by atoms with E-state index in [1.165, 1.54) is 0 Å². The summed E-state index contributed by atoms with van der Waals surface area (Å²) >= 11 is 0. The smallest absolute Gasteiger partial charge is 0.251 e. The van der Waals surface area contributed by atoms with Crippen molar-refractivity contribution in [1.82, 2.24) is 15.2 Å². The monoisotopic (exact) mass is 361 g/mol. The Morgan fingerprint density at radius 2 is 1.70 bits per heavy atom. The molecule has 2 aromatic carbocycles. The van der Waals surface area contributed by atoms with Gasteiger partial charge in [-0.3, -0.25) is 9.69 Å². The summed E-state index contributed by atoms with van der Waals surface area (Å²) < 4.78 is 5.62. The lowest BCUT2D eigenvalue weighted by molar-refractivity contribution is 0.0908. The fourth-order valence-corrected chi connectivity index (χ4v) is 3.42. The molecule has 2 heterocycles. The molecule has 1 saturated heterocycles. The molecule has 0 radical (unpaired) electrons. The van der Waals surface area contributed by atoms with Crippen LogP contribution >= 0.6 is 0 Å². The maximum atomic E-state index is 12.3. The molecule has 4 rings (SSSR count). The van der Waals surface area contributed by atoms with Gasteiger partial charge in [0.25, 0.3) is 5.91 Å². The second kappa shape index (κ2) is 8.18. The zero-order valence-electron chi connectivity index (χ0n) is 15.2. The molecule has 3 aromatic rings. The summed E-state index contributed by atoms with van der Waals surface area (Å²) in [4.78, 5) is 19.2. The normalized spacial score (nSPS) is 15.6. The van der Waals surface area contributed by atoms with Gasteiger partial charge >= 0.3 is 0 Å². The minimum absolute atomic E-state index is 0.0121. The number of amides is 1. The highest BCUT2D eigenvalue weighted by molar-refractivity contribution is 5.94. The molecule has 0 bridgehead atoms. The predicted molar refractivity (Wildman–Crippen MR) is 104 cm³/mol. The zero-order chi connectivity index (χ0) is 18.5. The number of benzene rings is 2. The first kappa shape index (κ1) is 17.5. The second-order valence-corrected chi connectivity index (χ2v) is 6.90. The van der Waals surface area contributed by atoms with Crippen LogP contribution in [0, 0.1) is 0 Å². The Morgan fingerprint density at radius 1 is 1.04 bits per heavy atom. The standard InChI is InChI=1S/C22H23N3O2/c26-21(17-7-3-1-4-8-17)23-19-11-13-25(14-12-19)15-20-16-27-22(24-20)18-9-5-2-6-10-18/h1-10,16,19H,11-15H2,(H,23,26). The molecule has 1 aliphatic rings. The lowest BCUT2D eigenvalue weighted by atomic mass is 10.0. The Kier molecular flexibility index (Phi) is 5.30. The Hall–Kier alpha value is -2.92. The van der Waals surface area contributed by atoms with E-state index >= 15 is 0 Å². The number of hydrogen-bond donors (Lipinski definition) is 1. The first-order valence-corrected chi connectivity index (χ1v) is 9.36. The molecule has 0 unspecified atom stereocenters. The Labute approximate surface area is 159 Å². The van der Waals surface area contributed by atoms with Crippen molar-refractivity contribution in [1.29, 1.82) is 0 Å². The molecule has 1 N–H and O–H groups in total. The highest BCUT2D eigenvalue weighted by Gasteiger charge is 2.22. The molecule has 1 amide bonds. The molecular weight excluding hydrogens is 338 g/mol. The van der Waals surface area contributed by atoms with Crippen molar-refractivity contribution in [3.8, 4) is 11.5 Å². The van der Waals surface area contributed by atoms with Crippen LogP contribution in [0.25, 0.3) is 11.5 Å². The van der Waals surface area contributed by atoms with Gasteiger partial charge in [-0.05, 0) is 37.1 Å². The van der Waals surface area contributed by atoms with Gasteiger partial charge in [-0.1, -0.05) is 36.4 Å². The van der Waals surface area contributed by atoms with Crippen LogP contribution in [0.4, 0.5) is 0 Å². The van der Waals surface area contributed by atoms with Crippen molar-refractivity contribution in [2.75, 3.05) is 13.1 Å². The second-order valence-electron chi connectivity index (χ2n) is 6.90. The van der Waals surface area contributed by atoms with E-state index in [1.807, 2.05) is 60.7 Å². The van der Waals surface area contributed by atoms with Crippen molar-refractivity contribution in [2.45, 2.75) is 25.4 Å². The third-order valence-corrected chi connectivity index (χ3v) is 4.92. The highest BCUT2D eigenvalue weighted by Crippen LogP contribution is 2.20. The predicted octanol–water partition coefficient (Wildman–Crippen LogP) is 3.74. The maximum Gasteiger partial charge on any atom is 0.251 e. The van der Waals surface area contributed by atoms with E-state index in [2.05, 4.69) is 15.2 Å². The number of hydrogen-bond acceptors (Lipinski definition) is 4. The molecule has 5 nitrogen and oxygen atoms in total. The molecule has 1 aliphatic heterocycles. The topological polar surface area (TPSA) is 58.4 Å². The van der Waals surface area contributed by atoms with Gasteiger partial charge in [-0.15, -0.1) is 0 Å². The molecule has 0 spiro atoms. The van der Waals surface area contributed by atoms with E-state index in [-0.39, 0.29) is 11.9 Å². The molecule has 1 aromatic heterocycles. The third-order valence-electron chi connectivity index (χ3n) is 4.92. The van der Waals surface area contributed by atoms with Crippen molar-refractivity contribution >= 4 is 5.91 Å². The van der Waals surface area contributed by atoms with E-state index < -0.39 is 0 Å². The molecule has 0 atom stereocenters. The SMILES string of the molecule is O=C(NC1CCN(Cc2coc(-c3ccccc3)n2)CC1)c1ccccc1. The molecule has 138 valence electrons. The first-order valence-electron chi connectivity index (χ1n) is 9.36. The molecule has 1 fully saturated rings. The highest BCUT2D eigenvalue weighted by atomic mass is 16.3. The van der Waals surface area contributed by atoms with E-state index in [1.54, 1.807) is 6.26 Å². The number of aromatic nitrogens is 1. The van der Waals surface area contributed by atoms with Crippen molar-refractivity contribution in [3.05, 3.63) is 78.2 Å². The third kappa shape index (κ3) is 4.44. The fraction of sp³-hybridized carbons (Fsp3) is 0.273. The number of nitrogens with one attached hydrogen (secondary N) is 1. The van der Waals surface area contributed by atoms with Gasteiger partial charge in [0.15, 0.2) is 0 Å². The average Bonchev–Trinajstić information content (AvgIpc) is 3.19. The minimum atomic E-state index is 0.0121. The van der Waals surface area contributed by atoms with Crippen LogP contribution in [-0.4, -0.2) is 34.9 Å². The minimum Gasteiger partial charge on any atom is -0.444 e. The van der Waals surface area contributed by atoms with Crippen LogP contribution in [0.15, 0.2) is 71.3 Å². The lowest BCUT2D eigenvalue weighted by Gasteiger charge is -2.31. The quantitative estimate of drug-likeness (QED) is 0.752. The lowest BCUT2D eigenvalue weighted by Crippen LogP contribution is -2.44.